The van der Waals surface area contributed by atoms with Crippen molar-refractivity contribution in [2.24, 2.45) is 17.1 Å². The third-order valence-corrected chi connectivity index (χ3v) is 4.05. The molecule has 0 aromatic rings. The number of ether oxygens (including phenoxy) is 1. The van der Waals surface area contributed by atoms with Gasteiger partial charge in [0.05, 0.1) is 0 Å². The average Bonchev–Trinajstić information content (AvgIpc) is 2.73. The van der Waals surface area contributed by atoms with Gasteiger partial charge in [0.15, 0.2) is 0 Å². The Morgan fingerprint density at radius 2 is 1.71 bits per heavy atom. The van der Waals surface area contributed by atoms with E-state index in [1.807, 2.05) is 27.7 Å². The number of carbonyl (C=O) groups is 3. The summed E-state index contributed by atoms with van der Waals surface area (Å²) >= 11 is 0. The number of amides is 3. The molecule has 3 N–H and O–H groups in total. The van der Waals surface area contributed by atoms with Crippen LogP contribution in [-0.2, 0) is 14.3 Å². The quantitative estimate of drug-likeness (QED) is 0.815. The minimum atomic E-state index is -0.806. The standard InChI is InChI=1S/C17H31N3O4/c1-10-8-9-20(11(10)13(18)21)14(22)12(16(2,3)4)19-15(23)24-17(5,6)7/h10-12H,8-9H2,1-7H3,(H2,18,21)(H,19,23). The smallest absolute Gasteiger partial charge is 0.408 e. The van der Waals surface area contributed by atoms with E-state index in [0.717, 1.165) is 0 Å². The molecule has 0 saturated carbocycles. The summed E-state index contributed by atoms with van der Waals surface area (Å²) in [6.07, 6.45) is 0.0569. The monoisotopic (exact) mass is 341 g/mol. The van der Waals surface area contributed by atoms with Crippen molar-refractivity contribution in [3.8, 4) is 0 Å². The second-order valence-corrected chi connectivity index (χ2v) is 8.59. The molecule has 1 aliphatic heterocycles. The van der Waals surface area contributed by atoms with Gasteiger partial charge in [0, 0.05) is 6.54 Å². The molecule has 0 aliphatic carbocycles. The minimum Gasteiger partial charge on any atom is -0.444 e. The molecule has 0 aromatic carbocycles. The van der Waals surface area contributed by atoms with E-state index in [1.165, 1.54) is 4.90 Å². The van der Waals surface area contributed by atoms with Crippen LogP contribution in [0.1, 0.15) is 54.9 Å². The van der Waals surface area contributed by atoms with Crippen LogP contribution in [-0.4, -0.2) is 47.0 Å². The summed E-state index contributed by atoms with van der Waals surface area (Å²) in [5, 5.41) is 2.66. The molecule has 3 atom stereocenters. The average molecular weight is 341 g/mol. The highest BCUT2D eigenvalue weighted by Gasteiger charge is 2.44. The number of hydrogen-bond acceptors (Lipinski definition) is 4. The van der Waals surface area contributed by atoms with Crippen molar-refractivity contribution < 1.29 is 19.1 Å². The van der Waals surface area contributed by atoms with Crippen molar-refractivity contribution in [1.82, 2.24) is 10.2 Å². The number of nitrogens with zero attached hydrogens (tertiary/aromatic N) is 1. The van der Waals surface area contributed by atoms with Gasteiger partial charge < -0.3 is 20.7 Å². The summed E-state index contributed by atoms with van der Waals surface area (Å²) in [5.74, 6) is -0.812. The molecule has 0 bridgehead atoms. The summed E-state index contributed by atoms with van der Waals surface area (Å²) in [6.45, 7) is 13.2. The molecule has 3 unspecified atom stereocenters. The van der Waals surface area contributed by atoms with Gasteiger partial charge in [-0.3, -0.25) is 9.59 Å². The van der Waals surface area contributed by atoms with Gasteiger partial charge in [-0.2, -0.15) is 0 Å². The first-order chi connectivity index (χ1) is 10.7. The first-order valence-corrected chi connectivity index (χ1v) is 8.33. The van der Waals surface area contributed by atoms with Crippen LogP contribution < -0.4 is 11.1 Å². The predicted molar refractivity (Wildman–Crippen MR) is 91.1 cm³/mol. The molecule has 24 heavy (non-hydrogen) atoms. The number of primary amides is 1. The normalized spacial score (nSPS) is 22.9. The summed E-state index contributed by atoms with van der Waals surface area (Å²) in [4.78, 5) is 38.3. The molecule has 1 aliphatic rings. The Bertz CT molecular complexity index is 505. The highest BCUT2D eigenvalue weighted by Crippen LogP contribution is 2.28. The van der Waals surface area contributed by atoms with Gasteiger partial charge in [-0.05, 0) is 38.5 Å². The zero-order chi connectivity index (χ0) is 18.9. The Kier molecular flexibility index (Phi) is 5.90. The van der Waals surface area contributed by atoms with Gasteiger partial charge in [0.25, 0.3) is 0 Å². The Morgan fingerprint density at radius 3 is 2.12 bits per heavy atom. The number of nitrogens with one attached hydrogen (secondary N) is 1. The van der Waals surface area contributed by atoms with E-state index in [-0.39, 0.29) is 11.8 Å². The van der Waals surface area contributed by atoms with Crippen LogP contribution in [0.3, 0.4) is 0 Å². The Balaban J connectivity index is 2.98. The Morgan fingerprint density at radius 1 is 1.17 bits per heavy atom. The van der Waals surface area contributed by atoms with Gasteiger partial charge in [0.1, 0.15) is 17.7 Å². The van der Waals surface area contributed by atoms with E-state index in [1.54, 1.807) is 20.8 Å². The number of hydrogen-bond donors (Lipinski definition) is 2. The molecule has 7 nitrogen and oxygen atoms in total. The van der Waals surface area contributed by atoms with Crippen LogP contribution >= 0.6 is 0 Å². The number of carbonyl (C=O) groups excluding carboxylic acids is 3. The lowest BCUT2D eigenvalue weighted by Crippen LogP contribution is -2.58. The number of alkyl carbamates (subject to hydrolysis) is 1. The Labute approximate surface area is 144 Å². The lowest BCUT2D eigenvalue weighted by molar-refractivity contribution is -0.141. The molecule has 3 amide bonds. The molecule has 138 valence electrons. The maximum Gasteiger partial charge on any atom is 0.408 e. The van der Waals surface area contributed by atoms with Crippen molar-refractivity contribution in [1.29, 1.82) is 0 Å². The zero-order valence-electron chi connectivity index (χ0n) is 15.8. The van der Waals surface area contributed by atoms with E-state index >= 15 is 0 Å². The van der Waals surface area contributed by atoms with Gasteiger partial charge in [0.2, 0.25) is 11.8 Å². The maximum absolute atomic E-state index is 13.0. The van der Waals surface area contributed by atoms with Crippen LogP contribution in [0, 0.1) is 11.3 Å². The van der Waals surface area contributed by atoms with Crippen LogP contribution in [0.15, 0.2) is 0 Å². The molecule has 1 heterocycles. The number of likely N-dealkylation sites (tertiary alicyclic amines) is 1. The van der Waals surface area contributed by atoms with E-state index in [4.69, 9.17) is 10.5 Å². The minimum absolute atomic E-state index is 0.00796. The van der Waals surface area contributed by atoms with Crippen LogP contribution in [0.25, 0.3) is 0 Å². The van der Waals surface area contributed by atoms with Crippen molar-refractivity contribution >= 4 is 17.9 Å². The molecule has 1 fully saturated rings. The lowest BCUT2D eigenvalue weighted by Gasteiger charge is -2.35. The summed E-state index contributed by atoms with van der Waals surface area (Å²) in [7, 11) is 0. The number of rotatable bonds is 3. The fraction of sp³-hybridized carbons (Fsp3) is 0.824. The SMILES string of the molecule is CC1CCN(C(=O)C(NC(=O)OC(C)(C)C)C(C)(C)C)C1C(N)=O. The fourth-order valence-electron chi connectivity index (χ4n) is 2.87. The molecule has 0 aromatic heterocycles. The largest absolute Gasteiger partial charge is 0.444 e. The summed E-state index contributed by atoms with van der Waals surface area (Å²) < 4.78 is 5.26. The topological polar surface area (TPSA) is 102 Å². The molecule has 1 saturated heterocycles. The highest BCUT2D eigenvalue weighted by atomic mass is 16.6. The molecule has 0 radical (unpaired) electrons. The van der Waals surface area contributed by atoms with E-state index in [2.05, 4.69) is 5.32 Å². The summed E-state index contributed by atoms with van der Waals surface area (Å²) in [6, 6.07) is -1.44. The Hall–Kier alpha value is -1.79. The number of nitrogens with two attached hydrogens (primary N) is 1. The lowest BCUT2D eigenvalue weighted by atomic mass is 9.85. The van der Waals surface area contributed by atoms with Crippen LogP contribution in [0.2, 0.25) is 0 Å². The molecule has 0 spiro atoms. The van der Waals surface area contributed by atoms with Crippen molar-refractivity contribution in [2.75, 3.05) is 6.54 Å². The third-order valence-electron chi connectivity index (χ3n) is 4.05. The van der Waals surface area contributed by atoms with Gasteiger partial charge in [-0.15, -0.1) is 0 Å². The molecular formula is C17H31N3O4. The van der Waals surface area contributed by atoms with Gasteiger partial charge in [-0.1, -0.05) is 27.7 Å². The second-order valence-electron chi connectivity index (χ2n) is 8.59. The molecule has 7 heteroatoms. The second kappa shape index (κ2) is 6.99. The zero-order valence-corrected chi connectivity index (χ0v) is 15.8. The van der Waals surface area contributed by atoms with Crippen LogP contribution in [0.5, 0.6) is 0 Å². The maximum atomic E-state index is 13.0. The highest BCUT2D eigenvalue weighted by molar-refractivity contribution is 5.92. The van der Waals surface area contributed by atoms with Crippen molar-refractivity contribution in [3.63, 3.8) is 0 Å². The summed E-state index contributed by atoms with van der Waals surface area (Å²) in [5.41, 5.74) is 4.27. The van der Waals surface area contributed by atoms with E-state index < -0.39 is 35.1 Å². The van der Waals surface area contributed by atoms with Gasteiger partial charge >= 0.3 is 6.09 Å². The fourth-order valence-corrected chi connectivity index (χ4v) is 2.87. The first kappa shape index (κ1) is 20.3. The first-order valence-electron chi connectivity index (χ1n) is 8.33. The van der Waals surface area contributed by atoms with Crippen LogP contribution in [0.4, 0.5) is 4.79 Å². The van der Waals surface area contributed by atoms with Gasteiger partial charge in [-0.25, -0.2) is 4.79 Å². The van der Waals surface area contributed by atoms with E-state index in [0.29, 0.717) is 13.0 Å². The van der Waals surface area contributed by atoms with E-state index in [9.17, 15) is 14.4 Å². The third kappa shape index (κ3) is 5.11. The predicted octanol–water partition coefficient (Wildman–Crippen LogP) is 1.65. The van der Waals surface area contributed by atoms with Crippen molar-refractivity contribution in [2.45, 2.75) is 72.6 Å². The van der Waals surface area contributed by atoms with Crippen molar-refractivity contribution in [3.05, 3.63) is 0 Å². The molecular weight excluding hydrogens is 310 g/mol. The molecule has 1 rings (SSSR count).